The molecule has 1 atom stereocenters. The van der Waals surface area contributed by atoms with E-state index in [0.29, 0.717) is 26.1 Å². The highest BCUT2D eigenvalue weighted by Crippen LogP contribution is 2.25. The van der Waals surface area contributed by atoms with E-state index in [9.17, 15) is 16.8 Å². The van der Waals surface area contributed by atoms with Crippen LogP contribution in [-0.4, -0.2) is 99.0 Å². The van der Waals surface area contributed by atoms with Gasteiger partial charge in [-0.3, -0.25) is 4.98 Å². The summed E-state index contributed by atoms with van der Waals surface area (Å²) in [4.78, 5) is 6.28. The summed E-state index contributed by atoms with van der Waals surface area (Å²) in [5.41, 5.74) is 0. The van der Waals surface area contributed by atoms with Crippen LogP contribution in [-0.2, 0) is 20.2 Å². The normalized spacial score (nSPS) is 22.5. The number of likely N-dealkylation sites (tertiary alicyclic amines) is 1. The van der Waals surface area contributed by atoms with Crippen LogP contribution < -0.4 is 0 Å². The molecule has 11 heteroatoms. The molecule has 2 saturated heterocycles. The zero-order chi connectivity index (χ0) is 20.4. The lowest BCUT2D eigenvalue weighted by Crippen LogP contribution is -2.50. The predicted molar refractivity (Wildman–Crippen MR) is 106 cm³/mol. The maximum absolute atomic E-state index is 12.9. The highest BCUT2D eigenvalue weighted by molar-refractivity contribution is 7.89. The maximum Gasteiger partial charge on any atom is 0.281 e. The molecule has 158 valence electrons. The molecule has 2 fully saturated rings. The minimum Gasteiger partial charge on any atom is -0.302 e. The fraction of sp³-hybridized carbons (Fsp3) is 0.706. The lowest BCUT2D eigenvalue weighted by atomic mass is 10.2. The highest BCUT2D eigenvalue weighted by Gasteiger charge is 2.40. The predicted octanol–water partition coefficient (Wildman–Crippen LogP) is 0.0488. The summed E-state index contributed by atoms with van der Waals surface area (Å²) >= 11 is 0. The van der Waals surface area contributed by atoms with Crippen molar-refractivity contribution >= 4 is 20.2 Å². The van der Waals surface area contributed by atoms with Crippen molar-refractivity contribution < 1.29 is 16.8 Å². The number of rotatable bonds is 8. The van der Waals surface area contributed by atoms with Gasteiger partial charge in [0.15, 0.2) is 0 Å². The Morgan fingerprint density at radius 2 is 1.86 bits per heavy atom. The van der Waals surface area contributed by atoms with Crippen LogP contribution in [0.1, 0.15) is 19.3 Å². The molecular weight excluding hydrogens is 402 g/mol. The fourth-order valence-corrected chi connectivity index (χ4v) is 6.49. The van der Waals surface area contributed by atoms with Gasteiger partial charge in [0.25, 0.3) is 10.2 Å². The summed E-state index contributed by atoms with van der Waals surface area (Å²) in [6.07, 6.45) is 5.61. The molecule has 2 aliphatic rings. The summed E-state index contributed by atoms with van der Waals surface area (Å²) in [5.74, 6) is 0. The maximum atomic E-state index is 12.9. The van der Waals surface area contributed by atoms with Crippen molar-refractivity contribution in [3.63, 3.8) is 0 Å². The van der Waals surface area contributed by atoms with Crippen LogP contribution in [0.2, 0.25) is 0 Å². The van der Waals surface area contributed by atoms with Crippen molar-refractivity contribution in [1.82, 2.24) is 22.8 Å². The Bertz CT molecular complexity index is 855. The molecule has 0 bridgehead atoms. The molecule has 0 aromatic carbocycles. The minimum absolute atomic E-state index is 0.134. The number of hydrogen-bond donors (Lipinski definition) is 0. The second-order valence-corrected chi connectivity index (χ2v) is 11.5. The van der Waals surface area contributed by atoms with E-state index in [1.54, 1.807) is 6.07 Å². The lowest BCUT2D eigenvalue weighted by Gasteiger charge is -2.32. The van der Waals surface area contributed by atoms with Crippen molar-refractivity contribution in [3.05, 3.63) is 24.5 Å². The Balaban J connectivity index is 1.76. The van der Waals surface area contributed by atoms with E-state index in [4.69, 9.17) is 0 Å². The largest absolute Gasteiger partial charge is 0.302 e. The Hall–Kier alpha value is -1.11. The third-order valence-electron chi connectivity index (χ3n) is 5.40. The summed E-state index contributed by atoms with van der Waals surface area (Å²) < 4.78 is 55.6. The van der Waals surface area contributed by atoms with E-state index >= 15 is 0 Å². The van der Waals surface area contributed by atoms with E-state index in [0.717, 1.165) is 25.9 Å². The van der Waals surface area contributed by atoms with E-state index < -0.39 is 20.2 Å². The van der Waals surface area contributed by atoms with E-state index in [1.807, 2.05) is 0 Å². The van der Waals surface area contributed by atoms with Crippen LogP contribution in [0.3, 0.4) is 0 Å². The van der Waals surface area contributed by atoms with E-state index in [1.165, 1.54) is 45.5 Å². The highest BCUT2D eigenvalue weighted by atomic mass is 32.2. The summed E-state index contributed by atoms with van der Waals surface area (Å²) in [6, 6.07) is 2.72. The SMILES string of the molecule is CN(C)S(=O)(=O)N(CCN1CCCC1)C1CCN(S(=O)(=O)c2cccnc2)C1. The van der Waals surface area contributed by atoms with Gasteiger partial charge in [-0.15, -0.1) is 0 Å². The Labute approximate surface area is 168 Å². The third kappa shape index (κ3) is 4.55. The first-order valence-corrected chi connectivity index (χ1v) is 12.4. The minimum atomic E-state index is -3.68. The van der Waals surface area contributed by atoms with Gasteiger partial charge >= 0.3 is 0 Å². The fourth-order valence-electron chi connectivity index (χ4n) is 3.76. The van der Waals surface area contributed by atoms with Gasteiger partial charge in [0, 0.05) is 58.7 Å². The summed E-state index contributed by atoms with van der Waals surface area (Å²) in [6.45, 7) is 3.46. The average molecular weight is 432 g/mol. The number of aromatic nitrogens is 1. The van der Waals surface area contributed by atoms with Gasteiger partial charge in [-0.2, -0.15) is 21.3 Å². The zero-order valence-corrected chi connectivity index (χ0v) is 18.1. The molecule has 28 heavy (non-hydrogen) atoms. The van der Waals surface area contributed by atoms with Crippen molar-refractivity contribution in [2.24, 2.45) is 0 Å². The van der Waals surface area contributed by atoms with Crippen LogP contribution in [0.15, 0.2) is 29.4 Å². The number of sulfonamides is 1. The van der Waals surface area contributed by atoms with Gasteiger partial charge in [-0.1, -0.05) is 0 Å². The van der Waals surface area contributed by atoms with Gasteiger partial charge in [0.1, 0.15) is 4.90 Å². The molecule has 0 spiro atoms. The molecular formula is C17H29N5O4S2. The molecule has 2 aliphatic heterocycles. The van der Waals surface area contributed by atoms with E-state index in [-0.39, 0.29) is 17.5 Å². The average Bonchev–Trinajstić information content (AvgIpc) is 3.35. The van der Waals surface area contributed by atoms with Gasteiger partial charge < -0.3 is 4.90 Å². The van der Waals surface area contributed by atoms with Crippen molar-refractivity contribution in [2.45, 2.75) is 30.2 Å². The molecule has 0 aliphatic carbocycles. The summed E-state index contributed by atoms with van der Waals surface area (Å²) in [5, 5.41) is 0. The van der Waals surface area contributed by atoms with Gasteiger partial charge in [-0.05, 0) is 44.5 Å². The smallest absolute Gasteiger partial charge is 0.281 e. The standard InChI is InChI=1S/C17H29N5O4S2/c1-19(2)28(25,26)22(13-12-20-9-3-4-10-20)16-7-11-21(15-16)27(23,24)17-6-5-8-18-14-17/h5-6,8,14,16H,3-4,7,9-13,15H2,1-2H3. The second-order valence-electron chi connectivity index (χ2n) is 7.44. The number of hydrogen-bond acceptors (Lipinski definition) is 6. The van der Waals surface area contributed by atoms with Gasteiger partial charge in [0.05, 0.1) is 0 Å². The molecule has 1 unspecified atom stereocenters. The topological polar surface area (TPSA) is 94.1 Å². The molecule has 3 heterocycles. The van der Waals surface area contributed by atoms with E-state index in [2.05, 4.69) is 9.88 Å². The molecule has 0 N–H and O–H groups in total. The molecule has 1 aromatic rings. The molecule has 0 saturated carbocycles. The Morgan fingerprint density at radius 1 is 1.14 bits per heavy atom. The first-order chi connectivity index (χ1) is 13.2. The monoisotopic (exact) mass is 431 g/mol. The molecule has 3 rings (SSSR count). The molecule has 9 nitrogen and oxygen atoms in total. The lowest BCUT2D eigenvalue weighted by molar-refractivity contribution is 0.252. The molecule has 1 aromatic heterocycles. The molecule has 0 radical (unpaired) electrons. The quantitative estimate of drug-likeness (QED) is 0.577. The van der Waals surface area contributed by atoms with Gasteiger partial charge in [-0.25, -0.2) is 8.42 Å². The van der Waals surface area contributed by atoms with Crippen molar-refractivity contribution in [2.75, 3.05) is 53.4 Å². The first kappa shape index (κ1) is 21.6. The van der Waals surface area contributed by atoms with Crippen molar-refractivity contribution in [1.29, 1.82) is 0 Å². The second kappa shape index (κ2) is 8.72. The van der Waals surface area contributed by atoms with Crippen LogP contribution in [0.5, 0.6) is 0 Å². The molecule has 0 amide bonds. The zero-order valence-electron chi connectivity index (χ0n) is 16.4. The van der Waals surface area contributed by atoms with Crippen LogP contribution in [0.4, 0.5) is 0 Å². The van der Waals surface area contributed by atoms with Crippen molar-refractivity contribution in [3.8, 4) is 0 Å². The number of pyridine rings is 1. The van der Waals surface area contributed by atoms with Crippen LogP contribution >= 0.6 is 0 Å². The van der Waals surface area contributed by atoms with Gasteiger partial charge in [0.2, 0.25) is 10.0 Å². The Kier molecular flexibility index (Phi) is 6.72. The number of nitrogens with zero attached hydrogens (tertiary/aromatic N) is 5. The summed E-state index contributed by atoms with van der Waals surface area (Å²) in [7, 11) is -4.30. The van der Waals surface area contributed by atoms with Crippen LogP contribution in [0, 0.1) is 0 Å². The Morgan fingerprint density at radius 3 is 2.46 bits per heavy atom. The first-order valence-electron chi connectivity index (χ1n) is 9.55. The third-order valence-corrected chi connectivity index (χ3v) is 9.24. The van der Waals surface area contributed by atoms with Crippen LogP contribution in [0.25, 0.3) is 0 Å².